The molecule has 0 atom stereocenters. The average molecular weight is 517 g/mol. The topological polar surface area (TPSA) is 120 Å². The van der Waals surface area contributed by atoms with Crippen LogP contribution in [-0.4, -0.2) is 87.8 Å². The van der Waals surface area contributed by atoms with Gasteiger partial charge in [0.2, 0.25) is 5.95 Å². The zero-order valence-electron chi connectivity index (χ0n) is 21.5. The number of aromatic nitrogens is 4. The minimum absolute atomic E-state index is 0.0118. The van der Waals surface area contributed by atoms with Gasteiger partial charge in [-0.2, -0.15) is 0 Å². The molecule has 4 aliphatic heterocycles. The molecule has 38 heavy (non-hydrogen) atoms. The maximum Gasteiger partial charge on any atom is 0.254 e. The van der Waals surface area contributed by atoms with Gasteiger partial charge in [0.05, 0.1) is 36.0 Å². The molecule has 1 saturated carbocycles. The average Bonchev–Trinajstić information content (AvgIpc) is 2.93. The van der Waals surface area contributed by atoms with Crippen LogP contribution in [0.15, 0.2) is 48.8 Å². The van der Waals surface area contributed by atoms with E-state index in [1.165, 1.54) is 0 Å². The molecule has 2 aromatic heterocycles. The van der Waals surface area contributed by atoms with Crippen LogP contribution in [-0.2, 0) is 0 Å². The number of anilines is 2. The third-order valence-electron chi connectivity index (χ3n) is 7.45. The van der Waals surface area contributed by atoms with Gasteiger partial charge in [-0.15, -0.1) is 0 Å². The fourth-order valence-electron chi connectivity index (χ4n) is 5.41. The number of amides is 1. The van der Waals surface area contributed by atoms with Crippen LogP contribution < -0.4 is 19.9 Å². The van der Waals surface area contributed by atoms with Gasteiger partial charge in [0.15, 0.2) is 0 Å². The number of nitrogens with zero attached hydrogens (tertiary/aromatic N) is 7. The van der Waals surface area contributed by atoms with Crippen molar-refractivity contribution >= 4 is 28.6 Å². The van der Waals surface area contributed by atoms with Crippen LogP contribution in [0, 0.1) is 0 Å². The Hall–Kier alpha value is -3.99. The molecule has 8 rings (SSSR count). The van der Waals surface area contributed by atoms with Gasteiger partial charge in [-0.25, -0.2) is 15.0 Å². The molecule has 0 unspecified atom stereocenters. The first-order valence-corrected chi connectivity index (χ1v) is 13.2. The molecule has 3 aromatic rings. The van der Waals surface area contributed by atoms with Crippen molar-refractivity contribution in [1.29, 1.82) is 0 Å². The predicted molar refractivity (Wildman–Crippen MR) is 143 cm³/mol. The molecule has 198 valence electrons. The molecular weight excluding hydrogens is 484 g/mol. The third-order valence-corrected chi connectivity index (χ3v) is 7.45. The second kappa shape index (κ2) is 10.4. The molecule has 1 aliphatic carbocycles. The van der Waals surface area contributed by atoms with Crippen molar-refractivity contribution in [2.75, 3.05) is 49.6 Å². The number of hydrogen-bond acceptors (Lipinski definition) is 10. The SMILES string of the molecule is CN1C=C2CN(CCO)c3cc(c4nccnc4c3)O[C@H]3CC[C@H](CC3)NC(=O)c3cnc(nc3)N2CC1. The first-order valence-electron chi connectivity index (χ1n) is 13.2. The molecule has 1 aromatic carbocycles. The van der Waals surface area contributed by atoms with Crippen LogP contribution in [0.5, 0.6) is 5.75 Å². The number of carbonyl (C=O) groups excluding carboxylic acids is 1. The van der Waals surface area contributed by atoms with Crippen molar-refractivity contribution < 1.29 is 14.6 Å². The van der Waals surface area contributed by atoms with Crippen LogP contribution in [0.2, 0.25) is 0 Å². The number of fused-ring (bicyclic) bond motifs is 3. The summed E-state index contributed by atoms with van der Waals surface area (Å²) in [5.41, 5.74) is 3.79. The van der Waals surface area contributed by atoms with E-state index in [-0.39, 0.29) is 24.7 Å². The highest BCUT2D eigenvalue weighted by molar-refractivity contribution is 5.93. The fourth-order valence-corrected chi connectivity index (χ4v) is 5.41. The Morgan fingerprint density at radius 2 is 1.84 bits per heavy atom. The Morgan fingerprint density at radius 3 is 2.63 bits per heavy atom. The third kappa shape index (κ3) is 4.93. The molecule has 11 heteroatoms. The maximum atomic E-state index is 12.9. The highest BCUT2D eigenvalue weighted by Crippen LogP contribution is 2.33. The summed E-state index contributed by atoms with van der Waals surface area (Å²) in [7, 11) is 2.03. The van der Waals surface area contributed by atoms with Gasteiger partial charge in [0.1, 0.15) is 11.3 Å². The fraction of sp³-hybridized carbons (Fsp3) is 0.444. The summed E-state index contributed by atoms with van der Waals surface area (Å²) in [6, 6.07) is 4.08. The Balaban J connectivity index is 1.44. The lowest BCUT2D eigenvalue weighted by Crippen LogP contribution is -2.43. The van der Waals surface area contributed by atoms with E-state index in [4.69, 9.17) is 4.74 Å². The second-order valence-electron chi connectivity index (χ2n) is 10.1. The Bertz CT molecular complexity index is 1340. The van der Waals surface area contributed by atoms with Gasteiger partial charge in [-0.1, -0.05) is 0 Å². The zero-order valence-corrected chi connectivity index (χ0v) is 21.5. The first-order chi connectivity index (χ1) is 18.6. The van der Waals surface area contributed by atoms with Crippen molar-refractivity contribution in [2.24, 2.45) is 0 Å². The van der Waals surface area contributed by atoms with Gasteiger partial charge in [0, 0.05) is 75.5 Å². The molecule has 6 bridgehead atoms. The lowest BCUT2D eigenvalue weighted by Gasteiger charge is -2.36. The highest BCUT2D eigenvalue weighted by atomic mass is 16.5. The molecule has 1 fully saturated rings. The second-order valence-corrected chi connectivity index (χ2v) is 10.1. The summed E-state index contributed by atoms with van der Waals surface area (Å²) in [5.74, 6) is 1.08. The van der Waals surface area contributed by atoms with Crippen LogP contribution in [0.3, 0.4) is 0 Å². The molecule has 5 aliphatic rings. The number of hydrogen-bond donors (Lipinski definition) is 2. The molecule has 0 spiro atoms. The highest BCUT2D eigenvalue weighted by Gasteiger charge is 2.27. The standard InChI is InChI=1S/C27H32N8O3/c1-33-8-9-35-21(16-33)17-34(10-11-36)20-12-23-25(29-7-6-28-23)24(13-20)38-22-4-2-19(3-5-22)32-26(37)18-14-30-27(35)31-15-18/h6-7,12-16,19,22,36H,2-5,8-11,17H2,1H3,(H,32,37)/t19-,22+. The molecule has 6 heterocycles. The summed E-state index contributed by atoms with van der Waals surface area (Å²) >= 11 is 0. The summed E-state index contributed by atoms with van der Waals surface area (Å²) in [4.78, 5) is 37.5. The Morgan fingerprint density at radius 1 is 1.05 bits per heavy atom. The van der Waals surface area contributed by atoms with Gasteiger partial charge < -0.3 is 29.9 Å². The van der Waals surface area contributed by atoms with Crippen molar-refractivity contribution in [3.05, 3.63) is 54.4 Å². The lowest BCUT2D eigenvalue weighted by molar-refractivity contribution is 0.0894. The van der Waals surface area contributed by atoms with Crippen LogP contribution in [0.25, 0.3) is 11.0 Å². The van der Waals surface area contributed by atoms with Crippen molar-refractivity contribution in [3.63, 3.8) is 0 Å². The number of nitrogens with one attached hydrogen (secondary N) is 1. The van der Waals surface area contributed by atoms with Crippen molar-refractivity contribution in [3.8, 4) is 5.75 Å². The molecule has 11 nitrogen and oxygen atoms in total. The summed E-state index contributed by atoms with van der Waals surface area (Å²) in [5, 5.41) is 13.1. The number of aliphatic hydroxyl groups is 1. The van der Waals surface area contributed by atoms with E-state index >= 15 is 0 Å². The number of likely N-dealkylation sites (N-methyl/N-ethyl adjacent to an activating group) is 1. The normalized spacial score (nSPS) is 21.9. The number of aliphatic hydroxyl groups excluding tert-OH is 1. The van der Waals surface area contributed by atoms with E-state index < -0.39 is 0 Å². The van der Waals surface area contributed by atoms with Gasteiger partial charge in [-0.05, 0) is 31.7 Å². The van der Waals surface area contributed by atoms with E-state index in [1.54, 1.807) is 24.8 Å². The van der Waals surface area contributed by atoms with Crippen molar-refractivity contribution in [2.45, 2.75) is 37.8 Å². The minimum Gasteiger partial charge on any atom is -0.488 e. The van der Waals surface area contributed by atoms with Crippen LogP contribution >= 0.6 is 0 Å². The maximum absolute atomic E-state index is 12.9. The molecular formula is C27H32N8O3. The Labute approximate surface area is 221 Å². The minimum atomic E-state index is -0.153. The first kappa shape index (κ1) is 24.4. The number of benzene rings is 1. The lowest BCUT2D eigenvalue weighted by atomic mass is 9.92. The van der Waals surface area contributed by atoms with E-state index in [1.807, 2.05) is 19.2 Å². The Kier molecular flexibility index (Phi) is 6.67. The summed E-state index contributed by atoms with van der Waals surface area (Å²) in [6.45, 7) is 2.42. The smallest absolute Gasteiger partial charge is 0.254 e. The van der Waals surface area contributed by atoms with E-state index in [2.05, 4.69) is 46.2 Å². The van der Waals surface area contributed by atoms with Gasteiger partial charge in [0.25, 0.3) is 5.91 Å². The zero-order chi connectivity index (χ0) is 26.1. The molecule has 1 amide bonds. The molecule has 0 radical (unpaired) electrons. The van der Waals surface area contributed by atoms with Gasteiger partial charge >= 0.3 is 0 Å². The number of carbonyl (C=O) groups is 1. The summed E-state index contributed by atoms with van der Waals surface area (Å²) < 4.78 is 6.54. The van der Waals surface area contributed by atoms with E-state index in [9.17, 15) is 9.90 Å². The quantitative estimate of drug-likeness (QED) is 0.523. The van der Waals surface area contributed by atoms with E-state index in [0.717, 1.165) is 54.6 Å². The molecule has 2 N–H and O–H groups in total. The largest absolute Gasteiger partial charge is 0.488 e. The number of ether oxygens (including phenoxy) is 1. The van der Waals surface area contributed by atoms with Crippen LogP contribution in [0.4, 0.5) is 11.6 Å². The molecule has 0 saturated heterocycles. The van der Waals surface area contributed by atoms with Crippen molar-refractivity contribution in [1.82, 2.24) is 30.2 Å². The van der Waals surface area contributed by atoms with Crippen LogP contribution in [0.1, 0.15) is 36.0 Å². The van der Waals surface area contributed by atoms with Gasteiger partial charge in [-0.3, -0.25) is 9.78 Å². The monoisotopic (exact) mass is 516 g/mol. The summed E-state index contributed by atoms with van der Waals surface area (Å²) in [6.07, 6.45) is 11.9. The predicted octanol–water partition coefficient (Wildman–Crippen LogP) is 1.95. The van der Waals surface area contributed by atoms with E-state index in [0.29, 0.717) is 36.9 Å². The number of rotatable bonds is 2.